The maximum Gasteiger partial charge on any atom is 0.243 e. The number of hydrogen-bond acceptors (Lipinski definition) is 6. The second kappa shape index (κ2) is 6.74. The van der Waals surface area contributed by atoms with E-state index in [0.717, 1.165) is 23.4 Å². The normalized spacial score (nSPS) is 23.3. The molecule has 1 aromatic carbocycles. The Morgan fingerprint density at radius 2 is 1.66 bits per heavy atom. The zero-order valence-electron chi connectivity index (χ0n) is 15.8. The lowest BCUT2D eigenvalue weighted by Crippen LogP contribution is -2.30. The molecule has 5 rings (SSSR count). The van der Waals surface area contributed by atoms with Crippen molar-refractivity contribution in [2.75, 3.05) is 18.0 Å². The number of imide groups is 1. The van der Waals surface area contributed by atoms with Crippen LogP contribution < -0.4 is 4.90 Å². The third kappa shape index (κ3) is 3.25. The van der Waals surface area contributed by atoms with Gasteiger partial charge in [0, 0.05) is 38.0 Å². The number of carbonyl (C=O) groups excluding carboxylic acids is 2. The zero-order valence-corrected chi connectivity index (χ0v) is 16.6. The highest BCUT2D eigenvalue weighted by atomic mass is 32.2. The molecular weight excluding hydrogens is 394 g/mol. The average Bonchev–Trinajstić information content (AvgIpc) is 3.11. The van der Waals surface area contributed by atoms with Crippen molar-refractivity contribution in [3.63, 3.8) is 0 Å². The Morgan fingerprint density at radius 1 is 0.966 bits per heavy atom. The second-order valence-electron chi connectivity index (χ2n) is 7.82. The van der Waals surface area contributed by atoms with Gasteiger partial charge in [0.1, 0.15) is 0 Å². The maximum absolute atomic E-state index is 13.0. The number of rotatable bonds is 5. The molecule has 2 aromatic rings. The standard InChI is InChI=1S/C19H21N5O4S/c25-18-7-8-19(26)24(18)14-3-5-16(6-4-14)29(27,28)22-10-9-15(11-22)23-12-17(20-21-23)13-1-2-13/h3-6,12-13,15H,1-2,7-11H2. The van der Waals surface area contributed by atoms with Crippen molar-refractivity contribution in [2.24, 2.45) is 0 Å². The summed E-state index contributed by atoms with van der Waals surface area (Å²) in [6.45, 7) is 0.761. The van der Waals surface area contributed by atoms with Gasteiger partial charge in [-0.05, 0) is 43.5 Å². The van der Waals surface area contributed by atoms with Crippen molar-refractivity contribution in [3.05, 3.63) is 36.2 Å². The van der Waals surface area contributed by atoms with Crippen molar-refractivity contribution < 1.29 is 18.0 Å². The van der Waals surface area contributed by atoms with Crippen molar-refractivity contribution in [3.8, 4) is 0 Å². The molecule has 3 fully saturated rings. The van der Waals surface area contributed by atoms with Gasteiger partial charge < -0.3 is 0 Å². The molecule has 9 nitrogen and oxygen atoms in total. The van der Waals surface area contributed by atoms with E-state index in [0.29, 0.717) is 31.1 Å². The van der Waals surface area contributed by atoms with E-state index >= 15 is 0 Å². The molecule has 0 radical (unpaired) electrons. The molecule has 1 aliphatic carbocycles. The van der Waals surface area contributed by atoms with E-state index in [-0.39, 0.29) is 35.6 Å². The third-order valence-corrected chi connectivity index (χ3v) is 7.69. The second-order valence-corrected chi connectivity index (χ2v) is 9.76. The molecule has 1 aromatic heterocycles. The fourth-order valence-electron chi connectivity index (χ4n) is 3.96. The molecule has 3 aliphatic rings. The minimum Gasteiger partial charge on any atom is -0.274 e. The summed E-state index contributed by atoms with van der Waals surface area (Å²) in [6.07, 6.45) is 5.30. The van der Waals surface area contributed by atoms with Crippen molar-refractivity contribution in [1.82, 2.24) is 19.3 Å². The molecular formula is C19H21N5O4S. The summed E-state index contributed by atoms with van der Waals surface area (Å²) < 4.78 is 29.3. The summed E-state index contributed by atoms with van der Waals surface area (Å²) in [4.78, 5) is 25.0. The first-order chi connectivity index (χ1) is 13.9. The van der Waals surface area contributed by atoms with Gasteiger partial charge in [0.15, 0.2) is 0 Å². The molecule has 2 amide bonds. The smallest absolute Gasteiger partial charge is 0.243 e. The summed E-state index contributed by atoms with van der Waals surface area (Å²) in [5.74, 6) is -0.00402. The van der Waals surface area contributed by atoms with Crippen LogP contribution in [0, 0.1) is 0 Å². The number of amides is 2. The van der Waals surface area contributed by atoms with Crippen LogP contribution in [-0.4, -0.2) is 52.6 Å². The fraction of sp³-hybridized carbons (Fsp3) is 0.474. The maximum atomic E-state index is 13.0. The Bertz CT molecular complexity index is 1060. The molecule has 1 saturated carbocycles. The highest BCUT2D eigenvalue weighted by Crippen LogP contribution is 2.39. The quantitative estimate of drug-likeness (QED) is 0.685. The van der Waals surface area contributed by atoms with E-state index in [9.17, 15) is 18.0 Å². The molecule has 2 saturated heterocycles. The van der Waals surface area contributed by atoms with Gasteiger partial charge in [-0.2, -0.15) is 4.31 Å². The van der Waals surface area contributed by atoms with Crippen LogP contribution in [0.1, 0.15) is 49.8 Å². The van der Waals surface area contributed by atoms with Gasteiger partial charge in [0.25, 0.3) is 0 Å². The number of nitrogens with zero attached hydrogens (tertiary/aromatic N) is 5. The van der Waals surface area contributed by atoms with E-state index in [2.05, 4.69) is 10.3 Å². The van der Waals surface area contributed by atoms with Gasteiger partial charge in [-0.1, -0.05) is 5.21 Å². The summed E-state index contributed by atoms with van der Waals surface area (Å²) in [6, 6.07) is 5.92. The molecule has 29 heavy (non-hydrogen) atoms. The molecule has 152 valence electrons. The number of carbonyl (C=O) groups is 2. The molecule has 1 atom stereocenters. The summed E-state index contributed by atoms with van der Waals surface area (Å²) >= 11 is 0. The molecule has 1 unspecified atom stereocenters. The van der Waals surface area contributed by atoms with Gasteiger partial charge in [-0.3, -0.25) is 14.5 Å². The number of aromatic nitrogens is 3. The zero-order chi connectivity index (χ0) is 20.2. The first kappa shape index (κ1) is 18.4. The lowest BCUT2D eigenvalue weighted by Gasteiger charge is -2.18. The molecule has 0 bridgehead atoms. The van der Waals surface area contributed by atoms with Crippen molar-refractivity contribution >= 4 is 27.5 Å². The Hall–Kier alpha value is -2.59. The van der Waals surface area contributed by atoms with E-state index in [1.807, 2.05) is 6.20 Å². The van der Waals surface area contributed by atoms with Crippen LogP contribution >= 0.6 is 0 Å². The Morgan fingerprint density at radius 3 is 2.31 bits per heavy atom. The Balaban J connectivity index is 1.31. The topological polar surface area (TPSA) is 105 Å². The number of hydrogen-bond donors (Lipinski definition) is 0. The van der Waals surface area contributed by atoms with Gasteiger partial charge in [-0.25, -0.2) is 13.1 Å². The summed E-state index contributed by atoms with van der Waals surface area (Å²) in [5, 5.41) is 8.41. The van der Waals surface area contributed by atoms with Gasteiger partial charge in [0.05, 0.1) is 22.3 Å². The highest BCUT2D eigenvalue weighted by Gasteiger charge is 2.36. The summed E-state index contributed by atoms with van der Waals surface area (Å²) in [5.41, 5.74) is 1.40. The average molecular weight is 415 g/mol. The van der Waals surface area contributed by atoms with Gasteiger partial charge in [0.2, 0.25) is 21.8 Å². The van der Waals surface area contributed by atoms with Crippen LogP contribution in [0.3, 0.4) is 0 Å². The van der Waals surface area contributed by atoms with Crippen LogP contribution in [0.2, 0.25) is 0 Å². The highest BCUT2D eigenvalue weighted by molar-refractivity contribution is 7.89. The van der Waals surface area contributed by atoms with E-state index < -0.39 is 10.0 Å². The lowest BCUT2D eigenvalue weighted by molar-refractivity contribution is -0.121. The van der Waals surface area contributed by atoms with Crippen LogP contribution in [-0.2, 0) is 19.6 Å². The van der Waals surface area contributed by atoms with Crippen LogP contribution in [0.25, 0.3) is 0 Å². The Labute approximate surface area is 168 Å². The molecule has 0 N–H and O–H groups in total. The van der Waals surface area contributed by atoms with Crippen LogP contribution in [0.15, 0.2) is 35.4 Å². The van der Waals surface area contributed by atoms with Gasteiger partial charge >= 0.3 is 0 Å². The Kier molecular flexibility index (Phi) is 4.28. The molecule has 10 heteroatoms. The van der Waals surface area contributed by atoms with E-state index in [1.165, 1.54) is 28.6 Å². The van der Waals surface area contributed by atoms with E-state index in [4.69, 9.17) is 0 Å². The number of anilines is 1. The number of benzene rings is 1. The van der Waals surface area contributed by atoms with E-state index in [1.54, 1.807) is 4.68 Å². The molecule has 0 spiro atoms. The van der Waals surface area contributed by atoms with Gasteiger partial charge in [-0.15, -0.1) is 5.10 Å². The minimum absolute atomic E-state index is 0.0242. The first-order valence-corrected chi connectivity index (χ1v) is 11.3. The third-order valence-electron chi connectivity index (χ3n) is 5.81. The number of sulfonamides is 1. The minimum atomic E-state index is -3.66. The fourth-order valence-corrected chi connectivity index (χ4v) is 5.45. The molecule has 3 heterocycles. The largest absolute Gasteiger partial charge is 0.274 e. The predicted octanol–water partition coefficient (Wildman–Crippen LogP) is 1.44. The lowest BCUT2D eigenvalue weighted by atomic mass is 10.2. The monoisotopic (exact) mass is 415 g/mol. The van der Waals surface area contributed by atoms with Crippen LogP contribution in [0.4, 0.5) is 5.69 Å². The van der Waals surface area contributed by atoms with Crippen LogP contribution in [0.5, 0.6) is 0 Å². The molecule has 2 aliphatic heterocycles. The first-order valence-electron chi connectivity index (χ1n) is 9.81. The van der Waals surface area contributed by atoms with Crippen molar-refractivity contribution in [2.45, 2.75) is 49.0 Å². The SMILES string of the molecule is O=C1CCC(=O)N1c1ccc(S(=O)(=O)N2CCC(n3cc(C4CC4)nn3)C2)cc1. The summed E-state index contributed by atoms with van der Waals surface area (Å²) in [7, 11) is -3.66. The predicted molar refractivity (Wildman–Crippen MR) is 103 cm³/mol. The van der Waals surface area contributed by atoms with Crippen molar-refractivity contribution in [1.29, 1.82) is 0 Å².